The molecule has 3 aromatic carbocycles. The maximum absolute atomic E-state index is 14.8. The van der Waals surface area contributed by atoms with Crippen LogP contribution in [-0.2, 0) is 15.1 Å². The van der Waals surface area contributed by atoms with E-state index in [1.807, 2.05) is 18.2 Å². The van der Waals surface area contributed by atoms with Crippen LogP contribution in [-0.4, -0.2) is 23.9 Å². The zero-order valence-corrected chi connectivity index (χ0v) is 24.9. The lowest BCUT2D eigenvalue weighted by molar-refractivity contribution is -0.133. The van der Waals surface area contributed by atoms with Gasteiger partial charge in [0.1, 0.15) is 11.3 Å². The fourth-order valence-electron chi connectivity index (χ4n) is 9.69. The van der Waals surface area contributed by atoms with Gasteiger partial charge in [0.2, 0.25) is 5.91 Å². The molecular formula is C38H42N2O2. The Morgan fingerprint density at radius 1 is 0.786 bits per heavy atom. The van der Waals surface area contributed by atoms with Crippen LogP contribution in [0.3, 0.4) is 0 Å². The average Bonchev–Trinajstić information content (AvgIpc) is 3.39. The fourth-order valence-corrected chi connectivity index (χ4v) is 9.69. The molecular weight excluding hydrogens is 516 g/mol. The van der Waals surface area contributed by atoms with Gasteiger partial charge in [-0.25, -0.2) is 0 Å². The summed E-state index contributed by atoms with van der Waals surface area (Å²) in [7, 11) is 0. The van der Waals surface area contributed by atoms with Crippen LogP contribution in [0.25, 0.3) is 0 Å². The first-order chi connectivity index (χ1) is 20.4. The maximum atomic E-state index is 14.8. The van der Waals surface area contributed by atoms with Crippen molar-refractivity contribution >= 4 is 17.4 Å². The Hall–Kier alpha value is -3.53. The first-order valence-electron chi connectivity index (χ1n) is 15.9. The standard InChI is InChI=1S/C38H42N2O2/c1-36-23-21-32-30(25-39-34-24-29(41)20-22-37(32,34)2)31(36)18-19-33(36)35(42)40-38(26-12-6-3-7-13-26,27-14-8-4-9-15-27)28-16-10-5-11-17-28/h3-17,30-33H,18-25H2,1-2H3,(H,40,42)/t30-,31-,32+,33?,36-,37+/m0/s1. The molecule has 3 saturated carbocycles. The van der Waals surface area contributed by atoms with Gasteiger partial charge in [0.05, 0.1) is 0 Å². The summed E-state index contributed by atoms with van der Waals surface area (Å²) >= 11 is 0. The van der Waals surface area contributed by atoms with Gasteiger partial charge in [-0.15, -0.1) is 0 Å². The lowest BCUT2D eigenvalue weighted by atomic mass is 9.49. The number of Topliss-reactive ketones (excluding diaryl/α,β-unsaturated/α-hetero) is 1. The minimum absolute atomic E-state index is 0.0432. The molecule has 1 unspecified atom stereocenters. The van der Waals surface area contributed by atoms with Gasteiger partial charge < -0.3 is 5.32 Å². The smallest absolute Gasteiger partial charge is 0.224 e. The summed E-state index contributed by atoms with van der Waals surface area (Å²) in [4.78, 5) is 32.1. The second-order valence-corrected chi connectivity index (χ2v) is 13.8. The molecule has 216 valence electrons. The van der Waals surface area contributed by atoms with E-state index in [9.17, 15) is 9.59 Å². The van der Waals surface area contributed by atoms with E-state index < -0.39 is 5.54 Å². The second-order valence-electron chi connectivity index (χ2n) is 13.8. The molecule has 1 amide bonds. The third-order valence-corrected chi connectivity index (χ3v) is 11.9. The lowest BCUT2D eigenvalue weighted by Gasteiger charge is -2.56. The number of hydrogen-bond donors (Lipinski definition) is 1. The molecule has 3 aromatic rings. The molecule has 4 nitrogen and oxygen atoms in total. The number of amides is 1. The Balaban J connectivity index is 1.24. The predicted molar refractivity (Wildman–Crippen MR) is 167 cm³/mol. The SMILES string of the molecule is C[C@]12CCC(=O)CC1=NC[C@@H]1[C@H]2CC[C@]2(C)C(C(=O)NC(c3ccccc3)(c3ccccc3)c3ccccc3)CC[C@@H]12. The largest absolute Gasteiger partial charge is 0.338 e. The molecule has 3 fully saturated rings. The first kappa shape index (κ1) is 27.3. The molecule has 1 N–H and O–H groups in total. The summed E-state index contributed by atoms with van der Waals surface area (Å²) in [6, 6.07) is 31.3. The van der Waals surface area contributed by atoms with Gasteiger partial charge >= 0.3 is 0 Å². The number of carbonyl (C=O) groups excluding carboxylic acids is 2. The summed E-state index contributed by atoms with van der Waals surface area (Å²) in [6.45, 7) is 5.59. The second kappa shape index (κ2) is 10.3. The molecule has 0 radical (unpaired) electrons. The van der Waals surface area contributed by atoms with Crippen LogP contribution in [0.5, 0.6) is 0 Å². The van der Waals surface area contributed by atoms with Crippen molar-refractivity contribution in [1.29, 1.82) is 0 Å². The molecule has 4 heteroatoms. The third kappa shape index (κ3) is 4.12. The minimum Gasteiger partial charge on any atom is -0.338 e. The number of hydrogen-bond acceptors (Lipinski definition) is 3. The van der Waals surface area contributed by atoms with Gasteiger partial charge in [0.15, 0.2) is 0 Å². The van der Waals surface area contributed by atoms with Crippen molar-refractivity contribution in [2.24, 2.45) is 39.5 Å². The Morgan fingerprint density at radius 2 is 1.36 bits per heavy atom. The highest BCUT2D eigenvalue weighted by molar-refractivity contribution is 6.07. The monoisotopic (exact) mass is 558 g/mol. The molecule has 0 saturated heterocycles. The van der Waals surface area contributed by atoms with Crippen LogP contribution >= 0.6 is 0 Å². The summed E-state index contributed by atoms with van der Waals surface area (Å²) in [5.41, 5.74) is 3.54. The molecule has 0 spiro atoms. The van der Waals surface area contributed by atoms with Crippen LogP contribution in [0.15, 0.2) is 96.0 Å². The van der Waals surface area contributed by atoms with E-state index in [1.165, 1.54) is 0 Å². The van der Waals surface area contributed by atoms with Crippen LogP contribution < -0.4 is 5.32 Å². The normalized spacial score (nSPS) is 32.2. The van der Waals surface area contributed by atoms with Gasteiger partial charge in [0, 0.05) is 36.4 Å². The molecule has 1 aliphatic heterocycles. The number of rotatable bonds is 5. The Bertz CT molecular complexity index is 1400. The topological polar surface area (TPSA) is 58.5 Å². The Kier molecular flexibility index (Phi) is 6.72. The first-order valence-corrected chi connectivity index (χ1v) is 15.9. The highest BCUT2D eigenvalue weighted by Crippen LogP contribution is 2.64. The molecule has 6 atom stereocenters. The van der Waals surface area contributed by atoms with Crippen molar-refractivity contribution < 1.29 is 9.59 Å². The predicted octanol–water partition coefficient (Wildman–Crippen LogP) is 7.37. The summed E-state index contributed by atoms with van der Waals surface area (Å²) in [6.07, 6.45) is 6.34. The van der Waals surface area contributed by atoms with Crippen LogP contribution in [0.2, 0.25) is 0 Å². The summed E-state index contributed by atoms with van der Waals surface area (Å²) in [5.74, 6) is 1.99. The van der Waals surface area contributed by atoms with E-state index >= 15 is 0 Å². The van der Waals surface area contributed by atoms with E-state index in [-0.39, 0.29) is 22.7 Å². The lowest BCUT2D eigenvalue weighted by Crippen LogP contribution is -2.56. The van der Waals surface area contributed by atoms with Gasteiger partial charge in [-0.2, -0.15) is 0 Å². The zero-order valence-electron chi connectivity index (χ0n) is 24.9. The molecule has 1 heterocycles. The van der Waals surface area contributed by atoms with Gasteiger partial charge in [0.25, 0.3) is 0 Å². The molecule has 0 aromatic heterocycles. The van der Waals surface area contributed by atoms with Crippen molar-refractivity contribution in [3.63, 3.8) is 0 Å². The number of aliphatic imine (C=N–C) groups is 1. The molecule has 42 heavy (non-hydrogen) atoms. The van der Waals surface area contributed by atoms with Crippen LogP contribution in [0.4, 0.5) is 0 Å². The third-order valence-electron chi connectivity index (χ3n) is 11.9. The number of nitrogens with zero attached hydrogens (tertiary/aromatic N) is 1. The fraction of sp³-hybridized carbons (Fsp3) is 0.447. The van der Waals surface area contributed by atoms with E-state index in [0.717, 1.165) is 61.1 Å². The number of fused-ring (bicyclic) bond motifs is 5. The van der Waals surface area contributed by atoms with Crippen molar-refractivity contribution in [3.05, 3.63) is 108 Å². The highest BCUT2D eigenvalue weighted by Gasteiger charge is 2.61. The van der Waals surface area contributed by atoms with Crippen LogP contribution in [0.1, 0.15) is 75.5 Å². The van der Waals surface area contributed by atoms with Gasteiger partial charge in [-0.1, -0.05) is 105 Å². The summed E-state index contributed by atoms with van der Waals surface area (Å²) < 4.78 is 0. The van der Waals surface area contributed by atoms with E-state index in [4.69, 9.17) is 4.99 Å². The number of nitrogens with one attached hydrogen (secondary N) is 1. The van der Waals surface area contributed by atoms with Crippen molar-refractivity contribution in [2.75, 3.05) is 6.54 Å². The highest BCUT2D eigenvalue weighted by atomic mass is 16.2. The summed E-state index contributed by atoms with van der Waals surface area (Å²) in [5, 5.41) is 3.71. The molecule has 7 rings (SSSR count). The van der Waals surface area contributed by atoms with Gasteiger partial charge in [-0.05, 0) is 72.0 Å². The van der Waals surface area contributed by atoms with Gasteiger partial charge in [-0.3, -0.25) is 14.6 Å². The molecule has 4 aliphatic rings. The Labute approximate surface area is 250 Å². The number of ketones is 1. The minimum atomic E-state index is -0.793. The van der Waals surface area contributed by atoms with Crippen molar-refractivity contribution in [1.82, 2.24) is 5.32 Å². The van der Waals surface area contributed by atoms with E-state index in [0.29, 0.717) is 36.4 Å². The van der Waals surface area contributed by atoms with Crippen molar-refractivity contribution in [2.45, 2.75) is 64.3 Å². The number of carbonyl (C=O) groups is 2. The maximum Gasteiger partial charge on any atom is 0.224 e. The quantitative estimate of drug-likeness (QED) is 0.333. The van der Waals surface area contributed by atoms with Crippen LogP contribution in [0, 0.1) is 34.5 Å². The van der Waals surface area contributed by atoms with E-state index in [2.05, 4.69) is 92.0 Å². The number of benzene rings is 3. The van der Waals surface area contributed by atoms with E-state index in [1.54, 1.807) is 0 Å². The molecule has 3 aliphatic carbocycles. The van der Waals surface area contributed by atoms with Crippen molar-refractivity contribution in [3.8, 4) is 0 Å². The average molecular weight is 559 g/mol. The zero-order chi connectivity index (χ0) is 29.0. The Morgan fingerprint density at radius 3 is 1.93 bits per heavy atom. The molecule has 0 bridgehead atoms.